The molecule has 0 aromatic carbocycles. The number of fused-ring (bicyclic) bond motifs is 1. The molecule has 3 saturated carbocycles. The molecule has 0 aromatic rings. The van der Waals surface area contributed by atoms with Gasteiger partial charge in [0.25, 0.3) is 5.91 Å². The number of hydrogen-bond acceptors (Lipinski definition) is 7. The van der Waals surface area contributed by atoms with Crippen LogP contribution in [0.2, 0.25) is 0 Å². The quantitative estimate of drug-likeness (QED) is 0.226. The van der Waals surface area contributed by atoms with Crippen molar-refractivity contribution >= 4 is 39.6 Å². The predicted octanol–water partition coefficient (Wildman–Crippen LogP) is 2.44. The molecule has 276 valence electrons. The monoisotopic (exact) mass is 706 g/mol. The van der Waals surface area contributed by atoms with Crippen LogP contribution in [0.25, 0.3) is 0 Å². The normalized spacial score (nSPS) is 29.7. The highest BCUT2D eigenvalue weighted by molar-refractivity contribution is 7.90. The van der Waals surface area contributed by atoms with E-state index < -0.39 is 73.9 Å². The molecule has 5 aliphatic rings. The highest BCUT2D eigenvalue weighted by Crippen LogP contribution is 2.65. The first kappa shape index (κ1) is 37.5. The van der Waals surface area contributed by atoms with Gasteiger partial charge in [-0.15, -0.1) is 0 Å². The molecule has 3 aliphatic carbocycles. The van der Waals surface area contributed by atoms with E-state index in [1.807, 2.05) is 27.7 Å². The molecule has 6 atom stereocenters. The van der Waals surface area contributed by atoms with E-state index in [0.29, 0.717) is 45.2 Å². The van der Waals surface area contributed by atoms with Gasteiger partial charge in [-0.25, -0.2) is 17.5 Å². The number of rotatable bonds is 12. The van der Waals surface area contributed by atoms with Gasteiger partial charge in [0.15, 0.2) is 0 Å². The minimum absolute atomic E-state index is 0.00544. The second kappa shape index (κ2) is 13.8. The molecule has 0 aromatic heterocycles. The van der Waals surface area contributed by atoms with Crippen molar-refractivity contribution in [3.8, 4) is 0 Å². The average molecular weight is 707 g/mol. The van der Waals surface area contributed by atoms with Crippen molar-refractivity contribution in [2.75, 3.05) is 20.1 Å². The van der Waals surface area contributed by atoms with Crippen LogP contribution >= 0.6 is 0 Å². The van der Waals surface area contributed by atoms with Gasteiger partial charge in [-0.3, -0.25) is 19.2 Å². The van der Waals surface area contributed by atoms with Gasteiger partial charge in [0.2, 0.25) is 27.6 Å². The average Bonchev–Trinajstić information content (AvgIpc) is 3.83. The Kier molecular flexibility index (Phi) is 10.5. The Balaban J connectivity index is 1.35. The predicted molar refractivity (Wildman–Crippen MR) is 185 cm³/mol. The molecule has 14 heteroatoms. The molecule has 4 N–H and O–H groups in total. The van der Waals surface area contributed by atoms with Crippen LogP contribution in [0.15, 0.2) is 0 Å². The maximum Gasteiger partial charge on any atom is 0.315 e. The molecule has 5 rings (SSSR count). The van der Waals surface area contributed by atoms with Gasteiger partial charge in [-0.05, 0) is 61.2 Å². The molecular weight excluding hydrogens is 648 g/mol. The zero-order chi connectivity index (χ0) is 36.1. The van der Waals surface area contributed by atoms with Crippen LogP contribution in [-0.2, 0) is 29.2 Å². The molecule has 2 heterocycles. The molecule has 49 heavy (non-hydrogen) atoms. The van der Waals surface area contributed by atoms with Crippen molar-refractivity contribution in [2.45, 2.75) is 147 Å². The number of sulfonamides is 1. The third kappa shape index (κ3) is 7.50. The maximum absolute atomic E-state index is 14.5. The first-order chi connectivity index (χ1) is 22.8. The van der Waals surface area contributed by atoms with Crippen molar-refractivity contribution in [2.24, 2.45) is 22.7 Å². The van der Waals surface area contributed by atoms with E-state index in [0.717, 1.165) is 38.5 Å². The van der Waals surface area contributed by atoms with Gasteiger partial charge in [-0.1, -0.05) is 73.6 Å². The SMILES string of the molecule is CCCC[C@H](NC(=O)[C@@H]1[C@@H]2C(CN1C(=O)[C@@H](NC(=O)NC1([C@H]3CCN(C)S3(=O)=O)CCCCC1)C(C)(C)C)C2(C)C)C(=O)C(=O)NC1CC1. The van der Waals surface area contributed by atoms with E-state index in [1.165, 1.54) is 4.31 Å². The van der Waals surface area contributed by atoms with Crippen LogP contribution in [0.3, 0.4) is 0 Å². The highest BCUT2D eigenvalue weighted by Gasteiger charge is 2.70. The fourth-order valence-electron chi connectivity index (χ4n) is 8.66. The lowest BCUT2D eigenvalue weighted by Crippen LogP contribution is -2.65. The first-order valence-electron chi connectivity index (χ1n) is 18.3. The summed E-state index contributed by atoms with van der Waals surface area (Å²) >= 11 is 0. The summed E-state index contributed by atoms with van der Waals surface area (Å²) in [7, 11) is -2.02. The van der Waals surface area contributed by atoms with E-state index in [2.05, 4.69) is 35.1 Å². The molecule has 5 amide bonds. The molecule has 13 nitrogen and oxygen atoms in total. The third-order valence-corrected chi connectivity index (χ3v) is 14.4. The Bertz CT molecular complexity index is 1430. The topological polar surface area (TPSA) is 174 Å². The fraction of sp³-hybridized carbons (Fsp3) is 0.857. The number of nitrogens with zero attached hydrogens (tertiary/aromatic N) is 2. The van der Waals surface area contributed by atoms with Crippen LogP contribution in [-0.4, -0.2) is 102 Å². The van der Waals surface area contributed by atoms with Gasteiger partial charge < -0.3 is 26.2 Å². The number of piperidine rings is 1. The van der Waals surface area contributed by atoms with Crippen LogP contribution in [0.4, 0.5) is 4.79 Å². The summed E-state index contributed by atoms with van der Waals surface area (Å²) in [6, 6.07) is -3.48. The number of ketones is 1. The van der Waals surface area contributed by atoms with Crippen molar-refractivity contribution < 1.29 is 32.4 Å². The van der Waals surface area contributed by atoms with Gasteiger partial charge in [0.05, 0.1) is 16.8 Å². The minimum atomic E-state index is -3.59. The molecule has 0 bridgehead atoms. The molecule has 2 aliphatic heterocycles. The van der Waals surface area contributed by atoms with E-state index in [-0.39, 0.29) is 23.3 Å². The Labute approximate surface area is 291 Å². The van der Waals surface area contributed by atoms with Crippen LogP contribution in [0, 0.1) is 22.7 Å². The number of amides is 5. The molecule has 0 radical (unpaired) electrons. The fourth-order valence-corrected chi connectivity index (χ4v) is 10.7. The molecule has 5 fully saturated rings. The Morgan fingerprint density at radius 3 is 2.16 bits per heavy atom. The third-order valence-electron chi connectivity index (χ3n) is 12.0. The Morgan fingerprint density at radius 2 is 1.61 bits per heavy atom. The van der Waals surface area contributed by atoms with Crippen LogP contribution in [0.1, 0.15) is 112 Å². The van der Waals surface area contributed by atoms with E-state index in [9.17, 15) is 32.4 Å². The zero-order valence-electron chi connectivity index (χ0n) is 30.4. The lowest BCUT2D eigenvalue weighted by molar-refractivity contribution is -0.145. The van der Waals surface area contributed by atoms with Gasteiger partial charge >= 0.3 is 6.03 Å². The number of carbonyl (C=O) groups excluding carboxylic acids is 5. The number of unbranched alkanes of at least 4 members (excludes halogenated alkanes) is 1. The smallest absolute Gasteiger partial charge is 0.315 e. The molecule has 0 spiro atoms. The second-order valence-corrected chi connectivity index (χ2v) is 19.2. The summed E-state index contributed by atoms with van der Waals surface area (Å²) in [5, 5.41) is 10.8. The van der Waals surface area contributed by atoms with Gasteiger partial charge in [0.1, 0.15) is 12.1 Å². The summed E-state index contributed by atoms with van der Waals surface area (Å²) in [4.78, 5) is 69.9. The Morgan fingerprint density at radius 1 is 0.959 bits per heavy atom. The molecule has 2 saturated heterocycles. The summed E-state index contributed by atoms with van der Waals surface area (Å²) < 4.78 is 28.0. The number of nitrogens with one attached hydrogen (secondary N) is 4. The van der Waals surface area contributed by atoms with Crippen molar-refractivity contribution in [1.82, 2.24) is 30.5 Å². The van der Waals surface area contributed by atoms with E-state index >= 15 is 0 Å². The number of hydrogen-bond donors (Lipinski definition) is 4. The van der Waals surface area contributed by atoms with Crippen LogP contribution in [0.5, 0.6) is 0 Å². The van der Waals surface area contributed by atoms with Gasteiger partial charge in [-0.2, -0.15) is 0 Å². The highest BCUT2D eigenvalue weighted by atomic mass is 32.2. The van der Waals surface area contributed by atoms with E-state index in [1.54, 1.807) is 11.9 Å². The minimum Gasteiger partial charge on any atom is -0.347 e. The summed E-state index contributed by atoms with van der Waals surface area (Å²) in [5.41, 5.74) is -1.89. The maximum atomic E-state index is 14.5. The Hall–Kier alpha value is -2.74. The number of carbonyl (C=O) groups is 5. The molecular formula is C35H58N6O7S. The summed E-state index contributed by atoms with van der Waals surface area (Å²) in [6.07, 6.45) is 7.46. The van der Waals surface area contributed by atoms with Gasteiger partial charge in [0, 0.05) is 26.2 Å². The largest absolute Gasteiger partial charge is 0.347 e. The van der Waals surface area contributed by atoms with Crippen molar-refractivity contribution in [3.63, 3.8) is 0 Å². The van der Waals surface area contributed by atoms with Crippen molar-refractivity contribution in [1.29, 1.82) is 0 Å². The van der Waals surface area contributed by atoms with Crippen molar-refractivity contribution in [3.05, 3.63) is 0 Å². The molecule has 1 unspecified atom stereocenters. The number of urea groups is 1. The number of likely N-dealkylation sites (tertiary alicyclic amines) is 1. The lowest BCUT2D eigenvalue weighted by atomic mass is 9.78. The van der Waals surface area contributed by atoms with Crippen LogP contribution < -0.4 is 21.3 Å². The zero-order valence-corrected chi connectivity index (χ0v) is 31.2. The standard InChI is InChI=1S/C35H58N6O7S/c1-8-9-13-23(27(42)30(44)36-21-14-15-21)37-29(43)26-25-22(34(25,5)6)20-41(26)31(45)28(33(2,3)4)38-32(46)39-35(17-11-10-12-18-35)24-16-19-40(7)49(24,47)48/h21-26,28H,8-20H2,1-7H3,(H,36,44)(H,37,43)(H2,38,39,46)/t22?,23-,24+,25-,26-,28+/m0/s1. The summed E-state index contributed by atoms with van der Waals surface area (Å²) in [6.45, 7) is 12.4. The summed E-state index contributed by atoms with van der Waals surface area (Å²) in [5.74, 6) is -2.30. The van der Waals surface area contributed by atoms with E-state index in [4.69, 9.17) is 0 Å². The number of Topliss-reactive ketones (excluding diaryl/α,β-unsaturated/α-hetero) is 1. The first-order valence-corrected chi connectivity index (χ1v) is 19.8. The lowest BCUT2D eigenvalue weighted by Gasteiger charge is -2.43. The second-order valence-electron chi connectivity index (χ2n) is 17.0.